The molecule has 1 amide bonds. The van der Waals surface area contributed by atoms with Gasteiger partial charge in [-0.1, -0.05) is 42.0 Å². The molecular weight excluding hydrogens is 390 g/mol. The number of carbonyl (C=O) groups is 1. The fourth-order valence-corrected chi connectivity index (χ4v) is 4.34. The van der Waals surface area contributed by atoms with Crippen molar-refractivity contribution in [3.05, 3.63) is 64.7 Å². The lowest BCUT2D eigenvalue weighted by molar-refractivity contribution is -0.136. The smallest absolute Gasteiger partial charge is 0.225 e. The van der Waals surface area contributed by atoms with Crippen molar-refractivity contribution in [2.75, 3.05) is 33.0 Å². The zero-order valence-corrected chi connectivity index (χ0v) is 18.5. The van der Waals surface area contributed by atoms with Crippen LogP contribution in [0.4, 0.5) is 0 Å². The van der Waals surface area contributed by atoms with Gasteiger partial charge in [-0.25, -0.2) is 0 Å². The van der Waals surface area contributed by atoms with Gasteiger partial charge in [-0.05, 0) is 48.9 Å². The highest BCUT2D eigenvalue weighted by Gasteiger charge is 2.22. The molecule has 2 aromatic carbocycles. The predicted octanol–water partition coefficient (Wildman–Crippen LogP) is 4.28. The Morgan fingerprint density at radius 1 is 1.03 bits per heavy atom. The van der Waals surface area contributed by atoms with Gasteiger partial charge in [-0.3, -0.25) is 4.79 Å². The first kappa shape index (κ1) is 21.8. The maximum atomic E-state index is 13.1. The van der Waals surface area contributed by atoms with Crippen LogP contribution >= 0.6 is 0 Å². The van der Waals surface area contributed by atoms with Gasteiger partial charge in [0.05, 0.1) is 25.7 Å². The van der Waals surface area contributed by atoms with Gasteiger partial charge >= 0.3 is 0 Å². The summed E-state index contributed by atoms with van der Waals surface area (Å²) < 4.78 is 17.6. The van der Waals surface area contributed by atoms with E-state index < -0.39 is 0 Å². The Morgan fingerprint density at radius 3 is 2.81 bits per heavy atom. The summed E-state index contributed by atoms with van der Waals surface area (Å²) in [5, 5.41) is 0. The van der Waals surface area contributed by atoms with E-state index >= 15 is 0 Å². The summed E-state index contributed by atoms with van der Waals surface area (Å²) in [7, 11) is 0. The van der Waals surface area contributed by atoms with Crippen molar-refractivity contribution in [3.8, 4) is 5.75 Å². The second-order valence-electron chi connectivity index (χ2n) is 8.58. The molecule has 5 nitrogen and oxygen atoms in total. The summed E-state index contributed by atoms with van der Waals surface area (Å²) in [4.78, 5) is 15.0. The van der Waals surface area contributed by atoms with Crippen molar-refractivity contribution in [3.63, 3.8) is 0 Å². The summed E-state index contributed by atoms with van der Waals surface area (Å²) in [5.41, 5.74) is 4.76. The molecule has 31 heavy (non-hydrogen) atoms. The average molecular weight is 424 g/mol. The lowest BCUT2D eigenvalue weighted by atomic mass is 10.00. The van der Waals surface area contributed by atoms with Gasteiger partial charge < -0.3 is 19.1 Å². The quantitative estimate of drug-likeness (QED) is 0.723. The molecule has 1 fully saturated rings. The minimum atomic E-state index is 0.0507. The largest absolute Gasteiger partial charge is 0.491 e. The molecule has 166 valence electrons. The second kappa shape index (κ2) is 10.8. The Hall–Kier alpha value is -2.37. The molecule has 2 bridgehead atoms. The summed E-state index contributed by atoms with van der Waals surface area (Å²) in [6.07, 6.45) is 4.52. The lowest BCUT2D eigenvalue weighted by Gasteiger charge is -2.27. The normalized spacial score (nSPS) is 20.3. The van der Waals surface area contributed by atoms with Crippen LogP contribution in [0, 0.1) is 6.92 Å². The molecule has 1 saturated heterocycles. The van der Waals surface area contributed by atoms with E-state index in [2.05, 4.69) is 43.3 Å². The number of hydrogen-bond donors (Lipinski definition) is 0. The maximum absolute atomic E-state index is 13.1. The first-order valence-electron chi connectivity index (χ1n) is 11.4. The molecule has 1 unspecified atom stereocenters. The van der Waals surface area contributed by atoms with Gasteiger partial charge in [0.2, 0.25) is 5.91 Å². The van der Waals surface area contributed by atoms with Gasteiger partial charge in [-0.2, -0.15) is 0 Å². The fraction of sp³-hybridized carbons (Fsp3) is 0.500. The van der Waals surface area contributed by atoms with Crippen molar-refractivity contribution < 1.29 is 19.0 Å². The molecule has 2 aliphatic rings. The molecule has 0 radical (unpaired) electrons. The van der Waals surface area contributed by atoms with Crippen molar-refractivity contribution >= 4 is 5.91 Å². The van der Waals surface area contributed by atoms with Gasteiger partial charge in [-0.15, -0.1) is 0 Å². The van der Waals surface area contributed by atoms with Gasteiger partial charge in [0.25, 0.3) is 0 Å². The van der Waals surface area contributed by atoms with Crippen LogP contribution in [-0.2, 0) is 27.2 Å². The third kappa shape index (κ3) is 6.31. The number of amides is 1. The second-order valence-corrected chi connectivity index (χ2v) is 8.58. The SMILES string of the molecule is Cc1ccc2c(c1)Cc1cccc(c1)CN(C(=O)CC1CCCCO1)CCOCCO2. The number of fused-ring (bicyclic) bond motifs is 3. The molecule has 0 aromatic heterocycles. The van der Waals surface area contributed by atoms with E-state index in [0.29, 0.717) is 39.3 Å². The van der Waals surface area contributed by atoms with Crippen LogP contribution in [0.1, 0.15) is 47.9 Å². The Morgan fingerprint density at radius 2 is 1.94 bits per heavy atom. The highest BCUT2D eigenvalue weighted by atomic mass is 16.5. The molecule has 4 rings (SSSR count). The van der Waals surface area contributed by atoms with E-state index in [1.807, 2.05) is 11.0 Å². The molecule has 0 N–H and O–H groups in total. The summed E-state index contributed by atoms with van der Waals surface area (Å²) in [6, 6.07) is 14.8. The number of hydrogen-bond acceptors (Lipinski definition) is 4. The highest BCUT2D eigenvalue weighted by Crippen LogP contribution is 2.24. The molecule has 2 heterocycles. The van der Waals surface area contributed by atoms with E-state index in [9.17, 15) is 4.79 Å². The van der Waals surface area contributed by atoms with Crippen molar-refractivity contribution in [2.45, 2.75) is 51.7 Å². The Bertz CT molecular complexity index is 875. The molecule has 0 aliphatic carbocycles. The summed E-state index contributed by atoms with van der Waals surface area (Å²) in [5.74, 6) is 1.06. The minimum Gasteiger partial charge on any atom is -0.491 e. The molecule has 5 heteroatoms. The topological polar surface area (TPSA) is 48.0 Å². The Kier molecular flexibility index (Phi) is 7.60. The van der Waals surface area contributed by atoms with Crippen molar-refractivity contribution in [1.82, 2.24) is 4.90 Å². The van der Waals surface area contributed by atoms with Crippen LogP contribution < -0.4 is 4.74 Å². The number of carbonyl (C=O) groups excluding carboxylic acids is 1. The first-order valence-corrected chi connectivity index (χ1v) is 11.4. The number of aryl methyl sites for hydroxylation is 1. The van der Waals surface area contributed by atoms with Gasteiger partial charge in [0, 0.05) is 26.1 Å². The molecule has 2 aliphatic heterocycles. The third-order valence-electron chi connectivity index (χ3n) is 6.00. The van der Waals surface area contributed by atoms with E-state index in [0.717, 1.165) is 43.6 Å². The lowest BCUT2D eigenvalue weighted by Crippen LogP contribution is -2.37. The first-order chi connectivity index (χ1) is 15.2. The Balaban J connectivity index is 1.52. The zero-order valence-electron chi connectivity index (χ0n) is 18.5. The summed E-state index contributed by atoms with van der Waals surface area (Å²) in [6.45, 7) is 5.55. The van der Waals surface area contributed by atoms with E-state index in [-0.39, 0.29) is 12.0 Å². The van der Waals surface area contributed by atoms with Crippen LogP contribution in [0.3, 0.4) is 0 Å². The molecule has 2 aromatic rings. The summed E-state index contributed by atoms with van der Waals surface area (Å²) >= 11 is 0. The van der Waals surface area contributed by atoms with Gasteiger partial charge in [0.15, 0.2) is 0 Å². The van der Waals surface area contributed by atoms with E-state index in [1.54, 1.807) is 0 Å². The van der Waals surface area contributed by atoms with Crippen LogP contribution in [0.15, 0.2) is 42.5 Å². The van der Waals surface area contributed by atoms with E-state index in [1.165, 1.54) is 16.7 Å². The third-order valence-corrected chi connectivity index (χ3v) is 6.00. The maximum Gasteiger partial charge on any atom is 0.225 e. The number of benzene rings is 2. The average Bonchev–Trinajstić information content (AvgIpc) is 2.77. The minimum absolute atomic E-state index is 0.0507. The molecule has 0 spiro atoms. The number of ether oxygens (including phenoxy) is 3. The fourth-order valence-electron chi connectivity index (χ4n) is 4.34. The Labute approximate surface area is 185 Å². The van der Waals surface area contributed by atoms with Crippen molar-refractivity contribution in [2.24, 2.45) is 0 Å². The predicted molar refractivity (Wildman–Crippen MR) is 120 cm³/mol. The van der Waals surface area contributed by atoms with Crippen LogP contribution in [-0.4, -0.2) is 49.9 Å². The van der Waals surface area contributed by atoms with Crippen LogP contribution in [0.2, 0.25) is 0 Å². The molecular formula is C26H33NO4. The van der Waals surface area contributed by atoms with E-state index in [4.69, 9.17) is 14.2 Å². The monoisotopic (exact) mass is 423 g/mol. The molecule has 1 atom stereocenters. The standard InChI is InChI=1S/C26H33NO4/c1-20-8-9-25-23(15-20)17-21-5-4-6-22(16-21)19-27(10-12-29-13-14-31-25)26(28)18-24-7-2-3-11-30-24/h4-6,8-9,15-16,24H,2-3,7,10-14,17-19H2,1H3. The van der Waals surface area contributed by atoms with Crippen LogP contribution in [0.5, 0.6) is 5.75 Å². The van der Waals surface area contributed by atoms with Gasteiger partial charge in [0.1, 0.15) is 12.4 Å². The van der Waals surface area contributed by atoms with Crippen LogP contribution in [0.25, 0.3) is 0 Å². The highest BCUT2D eigenvalue weighted by molar-refractivity contribution is 5.76. The number of nitrogens with zero attached hydrogens (tertiary/aromatic N) is 1. The van der Waals surface area contributed by atoms with Crippen molar-refractivity contribution in [1.29, 1.82) is 0 Å². The zero-order chi connectivity index (χ0) is 21.5. The molecule has 0 saturated carbocycles. The number of rotatable bonds is 2.